The molecule has 3 rings (SSSR count). The highest BCUT2D eigenvalue weighted by Crippen LogP contribution is 2.25. The van der Waals surface area contributed by atoms with Gasteiger partial charge in [0.05, 0.1) is 5.69 Å². The van der Waals surface area contributed by atoms with E-state index in [9.17, 15) is 4.39 Å². The summed E-state index contributed by atoms with van der Waals surface area (Å²) in [5, 5.41) is 0. The summed E-state index contributed by atoms with van der Waals surface area (Å²) in [5.41, 5.74) is 6.89. The van der Waals surface area contributed by atoms with Gasteiger partial charge in [0.1, 0.15) is 11.6 Å². The van der Waals surface area contributed by atoms with E-state index in [1.807, 2.05) is 0 Å². The summed E-state index contributed by atoms with van der Waals surface area (Å²) >= 11 is 0. The third-order valence-corrected chi connectivity index (χ3v) is 3.77. The third-order valence-electron chi connectivity index (χ3n) is 3.77. The van der Waals surface area contributed by atoms with Gasteiger partial charge >= 0.3 is 0 Å². The fraction of sp³-hybridized carbons (Fsp3) is 0.375. The van der Waals surface area contributed by atoms with Crippen molar-refractivity contribution in [1.82, 2.24) is 9.97 Å². The second-order valence-electron chi connectivity index (χ2n) is 5.36. The molecule has 2 aromatic rings. The molecule has 1 aliphatic heterocycles. The molecule has 0 atom stereocenters. The van der Waals surface area contributed by atoms with Crippen molar-refractivity contribution in [3.63, 3.8) is 0 Å². The van der Waals surface area contributed by atoms with Gasteiger partial charge in [-0.3, -0.25) is 0 Å². The van der Waals surface area contributed by atoms with Crippen LogP contribution in [0, 0.1) is 5.82 Å². The van der Waals surface area contributed by atoms with Crippen molar-refractivity contribution in [2.24, 2.45) is 0 Å². The Balaban J connectivity index is 1.98. The number of nitrogen functional groups attached to an aromatic ring is 1. The van der Waals surface area contributed by atoms with Crippen LogP contribution in [0.15, 0.2) is 30.3 Å². The SMILES string of the molecule is Nc1cc(-c2ccccc2F)nc(N2CCCCCC2)n1. The van der Waals surface area contributed by atoms with Crippen molar-refractivity contribution in [1.29, 1.82) is 0 Å². The van der Waals surface area contributed by atoms with Crippen molar-refractivity contribution in [3.8, 4) is 11.3 Å². The summed E-state index contributed by atoms with van der Waals surface area (Å²) in [5.74, 6) is 0.690. The Hall–Kier alpha value is -2.17. The summed E-state index contributed by atoms with van der Waals surface area (Å²) in [7, 11) is 0. The summed E-state index contributed by atoms with van der Waals surface area (Å²) in [4.78, 5) is 11.0. The van der Waals surface area contributed by atoms with Crippen molar-refractivity contribution < 1.29 is 4.39 Å². The maximum atomic E-state index is 13.9. The Labute approximate surface area is 123 Å². The monoisotopic (exact) mass is 286 g/mol. The number of hydrogen-bond acceptors (Lipinski definition) is 4. The maximum Gasteiger partial charge on any atom is 0.227 e. The summed E-state index contributed by atoms with van der Waals surface area (Å²) in [6.07, 6.45) is 4.73. The highest BCUT2D eigenvalue weighted by Gasteiger charge is 2.15. The molecule has 0 aliphatic carbocycles. The van der Waals surface area contributed by atoms with Crippen molar-refractivity contribution in [2.75, 3.05) is 23.7 Å². The van der Waals surface area contributed by atoms with Gasteiger partial charge in [-0.15, -0.1) is 0 Å². The first-order chi connectivity index (χ1) is 10.2. The number of nitrogens with two attached hydrogens (primary N) is 1. The number of nitrogens with zero attached hydrogens (tertiary/aromatic N) is 3. The average molecular weight is 286 g/mol. The summed E-state index contributed by atoms with van der Waals surface area (Å²) in [6, 6.07) is 8.23. The first-order valence-corrected chi connectivity index (χ1v) is 7.38. The zero-order chi connectivity index (χ0) is 14.7. The second kappa shape index (κ2) is 6.08. The summed E-state index contributed by atoms with van der Waals surface area (Å²) in [6.45, 7) is 1.86. The van der Waals surface area contributed by atoms with E-state index in [-0.39, 0.29) is 5.82 Å². The topological polar surface area (TPSA) is 55.0 Å². The number of halogens is 1. The molecule has 2 N–H and O–H groups in total. The lowest BCUT2D eigenvalue weighted by Crippen LogP contribution is -2.26. The Morgan fingerprint density at radius 3 is 2.43 bits per heavy atom. The van der Waals surface area contributed by atoms with Gasteiger partial charge in [0, 0.05) is 24.7 Å². The van der Waals surface area contributed by atoms with Gasteiger partial charge in [-0.1, -0.05) is 25.0 Å². The van der Waals surface area contributed by atoms with Crippen LogP contribution in [0.1, 0.15) is 25.7 Å². The predicted octanol–water partition coefficient (Wildman–Crippen LogP) is 3.25. The average Bonchev–Trinajstić information content (AvgIpc) is 2.76. The molecule has 0 bridgehead atoms. The first-order valence-electron chi connectivity index (χ1n) is 7.38. The standard InChI is InChI=1S/C16H19FN4/c17-13-8-4-3-7-12(13)14-11-15(18)20-16(19-14)21-9-5-1-2-6-10-21/h3-4,7-8,11H,1-2,5-6,9-10H2,(H2,18,19,20). The van der Waals surface area contributed by atoms with Crippen molar-refractivity contribution in [3.05, 3.63) is 36.1 Å². The van der Waals surface area contributed by atoms with Crippen LogP contribution in [0.4, 0.5) is 16.2 Å². The highest BCUT2D eigenvalue weighted by atomic mass is 19.1. The van der Waals surface area contributed by atoms with E-state index in [2.05, 4.69) is 14.9 Å². The predicted molar refractivity (Wildman–Crippen MR) is 82.5 cm³/mol. The smallest absolute Gasteiger partial charge is 0.227 e. The molecule has 1 saturated heterocycles. The van der Waals surface area contributed by atoms with E-state index in [1.54, 1.807) is 24.3 Å². The minimum absolute atomic E-state index is 0.294. The van der Waals surface area contributed by atoms with Crippen LogP contribution in [0.3, 0.4) is 0 Å². The molecule has 0 saturated carbocycles. The lowest BCUT2D eigenvalue weighted by molar-refractivity contribution is 0.630. The van der Waals surface area contributed by atoms with Crippen LogP contribution in [0.5, 0.6) is 0 Å². The van der Waals surface area contributed by atoms with Crippen LogP contribution >= 0.6 is 0 Å². The number of rotatable bonds is 2. The van der Waals surface area contributed by atoms with Crippen molar-refractivity contribution in [2.45, 2.75) is 25.7 Å². The van der Waals surface area contributed by atoms with E-state index in [1.165, 1.54) is 18.9 Å². The molecule has 0 amide bonds. The molecule has 0 unspecified atom stereocenters. The van der Waals surface area contributed by atoms with Gasteiger partial charge < -0.3 is 10.6 Å². The number of aromatic nitrogens is 2. The van der Waals surface area contributed by atoms with Crippen molar-refractivity contribution >= 4 is 11.8 Å². The third kappa shape index (κ3) is 3.12. The van der Waals surface area contributed by atoms with Gasteiger partial charge in [-0.05, 0) is 25.0 Å². The molecule has 1 aromatic carbocycles. The number of benzene rings is 1. The molecule has 0 radical (unpaired) electrons. The Morgan fingerprint density at radius 2 is 1.71 bits per heavy atom. The first kappa shape index (κ1) is 13.8. The van der Waals surface area contributed by atoms with Crippen LogP contribution in [-0.4, -0.2) is 23.1 Å². The molecule has 0 spiro atoms. The molecule has 2 heterocycles. The molecular weight excluding hydrogens is 267 g/mol. The van der Waals surface area contributed by atoms with Gasteiger partial charge in [-0.25, -0.2) is 9.37 Å². The Kier molecular flexibility index (Phi) is 3.99. The minimum atomic E-state index is -0.294. The molecule has 21 heavy (non-hydrogen) atoms. The van der Waals surface area contributed by atoms with Crippen LogP contribution in [-0.2, 0) is 0 Å². The lowest BCUT2D eigenvalue weighted by atomic mass is 10.1. The Bertz CT molecular complexity index is 621. The zero-order valence-corrected chi connectivity index (χ0v) is 11.9. The maximum absolute atomic E-state index is 13.9. The fourth-order valence-electron chi connectivity index (χ4n) is 2.67. The quantitative estimate of drug-likeness (QED) is 0.920. The molecule has 110 valence electrons. The van der Waals surface area contributed by atoms with E-state index in [0.29, 0.717) is 23.0 Å². The largest absolute Gasteiger partial charge is 0.384 e. The minimum Gasteiger partial charge on any atom is -0.384 e. The van der Waals surface area contributed by atoms with Gasteiger partial charge in [0.2, 0.25) is 5.95 Å². The number of hydrogen-bond donors (Lipinski definition) is 1. The van der Waals surface area contributed by atoms with E-state index >= 15 is 0 Å². The van der Waals surface area contributed by atoms with E-state index in [4.69, 9.17) is 5.73 Å². The molecule has 5 heteroatoms. The molecular formula is C16H19FN4. The number of anilines is 2. The van der Waals surface area contributed by atoms with Gasteiger partial charge in [0.15, 0.2) is 0 Å². The van der Waals surface area contributed by atoms with Crippen LogP contribution < -0.4 is 10.6 Å². The molecule has 1 aromatic heterocycles. The van der Waals surface area contributed by atoms with Gasteiger partial charge in [-0.2, -0.15) is 4.98 Å². The van der Waals surface area contributed by atoms with Crippen LogP contribution in [0.25, 0.3) is 11.3 Å². The molecule has 1 aliphatic rings. The van der Waals surface area contributed by atoms with E-state index < -0.39 is 0 Å². The van der Waals surface area contributed by atoms with Crippen LogP contribution in [0.2, 0.25) is 0 Å². The van der Waals surface area contributed by atoms with E-state index in [0.717, 1.165) is 25.9 Å². The molecule has 1 fully saturated rings. The lowest BCUT2D eigenvalue weighted by Gasteiger charge is -2.21. The summed E-state index contributed by atoms with van der Waals surface area (Å²) < 4.78 is 13.9. The Morgan fingerprint density at radius 1 is 1.00 bits per heavy atom. The second-order valence-corrected chi connectivity index (χ2v) is 5.36. The molecule has 4 nitrogen and oxygen atoms in total. The highest BCUT2D eigenvalue weighted by molar-refractivity contribution is 5.64. The normalized spacial score (nSPS) is 15.8. The fourth-order valence-corrected chi connectivity index (χ4v) is 2.67. The zero-order valence-electron chi connectivity index (χ0n) is 11.9. The van der Waals surface area contributed by atoms with Gasteiger partial charge in [0.25, 0.3) is 0 Å².